The minimum absolute atomic E-state index is 0.202. The molecule has 8 nitrogen and oxygen atoms in total. The van der Waals surface area contributed by atoms with Crippen LogP contribution >= 0.6 is 45.9 Å². The maximum absolute atomic E-state index is 11.6. The second-order valence-electron chi connectivity index (χ2n) is 14.4. The number of carbonyl (C=O) groups excluding carboxylic acids is 1. The number of esters is 1. The van der Waals surface area contributed by atoms with Gasteiger partial charge < -0.3 is 19.9 Å². The maximum atomic E-state index is 11.6. The van der Waals surface area contributed by atoms with E-state index in [-0.39, 0.29) is 5.97 Å². The first-order valence-electron chi connectivity index (χ1n) is 18.3. The zero-order valence-electron chi connectivity index (χ0n) is 30.8. The number of piperidine rings is 2. The molecule has 0 radical (unpaired) electrons. The zero-order chi connectivity index (χ0) is 36.8. The molecule has 0 bridgehead atoms. The average Bonchev–Trinajstić information content (AvgIpc) is 3.75. The summed E-state index contributed by atoms with van der Waals surface area (Å²) in [6, 6.07) is 22.3. The van der Waals surface area contributed by atoms with Gasteiger partial charge in [-0.25, -0.2) is 9.97 Å². The van der Waals surface area contributed by atoms with Crippen molar-refractivity contribution in [2.24, 2.45) is 0 Å². The number of halogens is 2. The number of rotatable bonds is 10. The van der Waals surface area contributed by atoms with Crippen molar-refractivity contribution in [1.29, 1.82) is 0 Å². The van der Waals surface area contributed by atoms with Crippen molar-refractivity contribution in [2.45, 2.75) is 90.5 Å². The highest BCUT2D eigenvalue weighted by Crippen LogP contribution is 2.34. The van der Waals surface area contributed by atoms with Crippen molar-refractivity contribution in [3.8, 4) is 0 Å². The number of thiazole rings is 2. The quantitative estimate of drug-likeness (QED) is 0.141. The fourth-order valence-electron chi connectivity index (χ4n) is 7.16. The summed E-state index contributed by atoms with van der Waals surface area (Å²) >= 11 is 15.6. The predicted octanol–water partition coefficient (Wildman–Crippen LogP) is 9.46. The van der Waals surface area contributed by atoms with Crippen LogP contribution in [0.15, 0.2) is 60.7 Å². The van der Waals surface area contributed by atoms with Gasteiger partial charge in [-0.05, 0) is 87.1 Å². The van der Waals surface area contributed by atoms with Gasteiger partial charge in [-0.1, -0.05) is 84.0 Å². The van der Waals surface area contributed by atoms with Crippen molar-refractivity contribution in [3.63, 3.8) is 0 Å². The number of fused-ring (bicyclic) bond motifs is 2. The Hall–Kier alpha value is -2.99. The molecule has 5 aromatic rings. The molecule has 4 heterocycles. The second kappa shape index (κ2) is 17.9. The van der Waals surface area contributed by atoms with E-state index in [2.05, 4.69) is 59.8 Å². The van der Waals surface area contributed by atoms with Crippen LogP contribution in [0.1, 0.15) is 64.5 Å². The van der Waals surface area contributed by atoms with Crippen LogP contribution in [0.4, 0.5) is 10.3 Å². The third-order valence-corrected chi connectivity index (χ3v) is 12.4. The van der Waals surface area contributed by atoms with Crippen LogP contribution in [-0.4, -0.2) is 78.3 Å². The Balaban J connectivity index is 0.000000198. The standard InChI is InChI=1S/C25H30ClN3O2S.C15H20ClN3S/c1-17(2)29(16-19-6-4-5-18(13-19)14-24(30)31-3)21-9-11-28(12-10-21)25-27-22-8-7-20(26)15-23(22)32-25;1-10(2)17-12-5-7-19(8-6-12)15-18-13-4-3-11(16)9-14(13)20-15/h4-8,13,15,17,21H,9-12,14,16H2,1-3H3;3-4,9-10,12,17H,5-8H2,1-2H3. The second-order valence-corrected chi connectivity index (χ2v) is 17.2. The van der Waals surface area contributed by atoms with Crippen molar-refractivity contribution in [2.75, 3.05) is 43.1 Å². The monoisotopic (exact) mass is 780 g/mol. The molecule has 3 aromatic carbocycles. The highest BCUT2D eigenvalue weighted by Gasteiger charge is 2.28. The lowest BCUT2D eigenvalue weighted by molar-refractivity contribution is -0.139. The summed E-state index contributed by atoms with van der Waals surface area (Å²) in [5.74, 6) is -0.202. The molecule has 0 amide bonds. The third-order valence-electron chi connectivity index (χ3n) is 9.81. The summed E-state index contributed by atoms with van der Waals surface area (Å²) in [7, 11) is 1.43. The Kier molecular flexibility index (Phi) is 13.3. The Labute approximate surface area is 326 Å². The largest absolute Gasteiger partial charge is 0.469 e. The summed E-state index contributed by atoms with van der Waals surface area (Å²) in [6.45, 7) is 14.0. The number of ether oxygens (including phenoxy) is 1. The van der Waals surface area contributed by atoms with Crippen molar-refractivity contribution < 1.29 is 9.53 Å². The van der Waals surface area contributed by atoms with E-state index >= 15 is 0 Å². The predicted molar refractivity (Wildman–Crippen MR) is 221 cm³/mol. The number of methoxy groups -OCH3 is 1. The van der Waals surface area contributed by atoms with Gasteiger partial charge in [0.15, 0.2) is 10.3 Å². The third kappa shape index (κ3) is 10.2. The first-order chi connectivity index (χ1) is 25.0. The van der Waals surface area contributed by atoms with E-state index in [4.69, 9.17) is 37.9 Å². The highest BCUT2D eigenvalue weighted by molar-refractivity contribution is 7.22. The smallest absolute Gasteiger partial charge is 0.309 e. The number of nitrogens with one attached hydrogen (secondary N) is 1. The molecule has 12 heteroatoms. The van der Waals surface area contributed by atoms with Crippen LogP contribution in [0.2, 0.25) is 10.0 Å². The minimum Gasteiger partial charge on any atom is -0.469 e. The van der Waals surface area contributed by atoms with Gasteiger partial charge in [0, 0.05) is 66.9 Å². The fraction of sp³-hybridized carbons (Fsp3) is 0.475. The Morgan fingerprint density at radius 3 is 1.88 bits per heavy atom. The van der Waals surface area contributed by atoms with E-state index in [1.165, 1.54) is 30.2 Å². The summed E-state index contributed by atoms with van der Waals surface area (Å²) in [4.78, 5) is 28.6. The molecule has 0 unspecified atom stereocenters. The van der Waals surface area contributed by atoms with Gasteiger partial charge in [0.05, 0.1) is 34.0 Å². The highest BCUT2D eigenvalue weighted by atomic mass is 35.5. The molecular formula is C40H50Cl2N6O2S2. The lowest BCUT2D eigenvalue weighted by atomic mass is 10.00. The van der Waals surface area contributed by atoms with E-state index in [1.807, 2.05) is 48.5 Å². The molecule has 1 N–H and O–H groups in total. The van der Waals surface area contributed by atoms with Crippen molar-refractivity contribution in [1.82, 2.24) is 20.2 Å². The van der Waals surface area contributed by atoms with Crippen LogP contribution in [0.5, 0.6) is 0 Å². The lowest BCUT2D eigenvalue weighted by Crippen LogP contribution is -2.47. The number of carbonyl (C=O) groups is 1. The van der Waals surface area contributed by atoms with Crippen LogP contribution in [0, 0.1) is 0 Å². The molecule has 7 rings (SSSR count). The van der Waals surface area contributed by atoms with Crippen molar-refractivity contribution >= 4 is 82.5 Å². The van der Waals surface area contributed by atoms with Crippen LogP contribution in [0.3, 0.4) is 0 Å². The minimum atomic E-state index is -0.202. The average molecular weight is 782 g/mol. The number of benzene rings is 3. The maximum Gasteiger partial charge on any atom is 0.309 e. The van der Waals surface area contributed by atoms with E-state index in [1.54, 1.807) is 22.7 Å². The van der Waals surface area contributed by atoms with E-state index in [9.17, 15) is 4.79 Å². The first kappa shape index (κ1) is 38.7. The Bertz CT molecular complexity index is 1930. The summed E-state index contributed by atoms with van der Waals surface area (Å²) in [5.41, 5.74) is 4.32. The summed E-state index contributed by atoms with van der Waals surface area (Å²) < 4.78 is 7.13. The van der Waals surface area contributed by atoms with Gasteiger partial charge in [0.2, 0.25) is 0 Å². The van der Waals surface area contributed by atoms with Gasteiger partial charge in [-0.15, -0.1) is 0 Å². The number of aromatic nitrogens is 2. The SMILES string of the molecule is CC(C)NC1CCN(c2nc3ccc(Cl)cc3s2)CC1.COC(=O)Cc1cccc(CN(C(C)C)C2CCN(c3nc4ccc(Cl)cc4s3)CC2)c1. The Morgan fingerprint density at radius 2 is 1.37 bits per heavy atom. The van der Waals surface area contributed by atoms with Gasteiger partial charge in [0.25, 0.3) is 0 Å². The number of nitrogens with zero attached hydrogens (tertiary/aromatic N) is 5. The number of hydrogen-bond acceptors (Lipinski definition) is 10. The molecule has 0 saturated carbocycles. The molecule has 0 atom stereocenters. The lowest BCUT2D eigenvalue weighted by Gasteiger charge is -2.40. The molecule has 0 aliphatic carbocycles. The molecular weight excluding hydrogens is 732 g/mol. The molecule has 2 fully saturated rings. The van der Waals surface area contributed by atoms with Crippen molar-refractivity contribution in [3.05, 3.63) is 81.8 Å². The number of hydrogen-bond donors (Lipinski definition) is 1. The van der Waals surface area contributed by atoms with Crippen LogP contribution in [-0.2, 0) is 22.5 Å². The molecule has 278 valence electrons. The van der Waals surface area contributed by atoms with E-state index < -0.39 is 0 Å². The Morgan fingerprint density at radius 1 is 0.827 bits per heavy atom. The van der Waals surface area contributed by atoms with E-state index in [0.717, 1.165) is 87.2 Å². The molecule has 0 spiro atoms. The molecule has 2 saturated heterocycles. The molecule has 2 aromatic heterocycles. The van der Waals surface area contributed by atoms with Crippen LogP contribution in [0.25, 0.3) is 20.4 Å². The topological polar surface area (TPSA) is 73.8 Å². The van der Waals surface area contributed by atoms with Gasteiger partial charge in [-0.2, -0.15) is 0 Å². The van der Waals surface area contributed by atoms with Gasteiger partial charge in [-0.3, -0.25) is 9.69 Å². The first-order valence-corrected chi connectivity index (χ1v) is 20.7. The number of anilines is 2. The van der Waals surface area contributed by atoms with Crippen LogP contribution < -0.4 is 15.1 Å². The summed E-state index contributed by atoms with van der Waals surface area (Å²) in [6.07, 6.45) is 4.91. The zero-order valence-corrected chi connectivity index (χ0v) is 33.9. The fourth-order valence-corrected chi connectivity index (χ4v) is 9.75. The molecule has 52 heavy (non-hydrogen) atoms. The normalized spacial score (nSPS) is 16.0. The van der Waals surface area contributed by atoms with Gasteiger partial charge in [0.1, 0.15) is 0 Å². The van der Waals surface area contributed by atoms with E-state index in [0.29, 0.717) is 30.6 Å². The molecule has 2 aliphatic heterocycles. The summed E-state index contributed by atoms with van der Waals surface area (Å²) in [5, 5.41) is 7.39. The molecule has 2 aliphatic rings. The van der Waals surface area contributed by atoms with Gasteiger partial charge >= 0.3 is 5.97 Å².